The molecule has 0 spiro atoms. The van der Waals surface area contributed by atoms with E-state index >= 15 is 0 Å². The predicted octanol–water partition coefficient (Wildman–Crippen LogP) is 15.0. The second kappa shape index (κ2) is 13.2. The number of nitrogens with zero attached hydrogens (tertiary/aromatic N) is 2. The normalized spacial score (nSPS) is 11.6. The average Bonchev–Trinajstić information content (AvgIpc) is 3.63. The van der Waals surface area contributed by atoms with Crippen LogP contribution in [0.25, 0.3) is 82.1 Å². The van der Waals surface area contributed by atoms with Crippen molar-refractivity contribution < 1.29 is 0 Å². The van der Waals surface area contributed by atoms with E-state index in [9.17, 15) is 0 Å². The Balaban J connectivity index is 0.955. The Morgan fingerprint density at radius 3 is 1.29 bits per heavy atom. The molecular weight excluding hydrogens is 677 g/mol. The van der Waals surface area contributed by atoms with Crippen LogP contribution in [0.4, 0.5) is 17.1 Å². The van der Waals surface area contributed by atoms with Gasteiger partial charge in [-0.1, -0.05) is 158 Å². The molecule has 10 aromatic carbocycles. The monoisotopic (exact) mass is 712 g/mol. The molecule has 2 heteroatoms. The largest absolute Gasteiger partial charge is 0.311 e. The summed E-state index contributed by atoms with van der Waals surface area (Å²) >= 11 is 0. The molecule has 1 heterocycles. The summed E-state index contributed by atoms with van der Waals surface area (Å²) in [5, 5.41) is 10.2. The summed E-state index contributed by atoms with van der Waals surface area (Å²) in [6.07, 6.45) is 0. The molecule has 0 unspecified atom stereocenters. The zero-order valence-electron chi connectivity index (χ0n) is 30.7. The van der Waals surface area contributed by atoms with Crippen molar-refractivity contribution >= 4 is 71.2 Å². The summed E-state index contributed by atoms with van der Waals surface area (Å²) in [6.45, 7) is 0. The first-order valence-corrected chi connectivity index (χ1v) is 19.3. The molecule has 0 radical (unpaired) electrons. The van der Waals surface area contributed by atoms with Gasteiger partial charge < -0.3 is 9.47 Å². The molecule has 0 N–H and O–H groups in total. The van der Waals surface area contributed by atoms with Crippen molar-refractivity contribution in [2.75, 3.05) is 4.90 Å². The van der Waals surface area contributed by atoms with Crippen LogP contribution in [0.3, 0.4) is 0 Å². The Morgan fingerprint density at radius 1 is 0.286 bits per heavy atom. The highest BCUT2D eigenvalue weighted by molar-refractivity contribution is 6.28. The minimum absolute atomic E-state index is 1.11. The Bertz CT molecular complexity index is 3110. The van der Waals surface area contributed by atoms with E-state index in [4.69, 9.17) is 0 Å². The fourth-order valence-electron chi connectivity index (χ4n) is 8.72. The van der Waals surface area contributed by atoms with Crippen molar-refractivity contribution in [3.8, 4) is 27.9 Å². The van der Waals surface area contributed by atoms with E-state index < -0.39 is 0 Å². The molecule has 2 nitrogen and oxygen atoms in total. The van der Waals surface area contributed by atoms with Gasteiger partial charge in [0, 0.05) is 33.5 Å². The third kappa shape index (κ3) is 5.26. The lowest BCUT2D eigenvalue weighted by atomic mass is 9.98. The van der Waals surface area contributed by atoms with Gasteiger partial charge in [-0.15, -0.1) is 0 Å². The molecule has 11 rings (SSSR count). The Kier molecular flexibility index (Phi) is 7.53. The number of rotatable bonds is 6. The number of aromatic nitrogens is 1. The quantitative estimate of drug-likeness (QED) is 0.167. The Morgan fingerprint density at radius 2 is 0.714 bits per heavy atom. The standard InChI is InChI=1S/C54H36N2/c1-2-15-43(16-3-1)55(45-33-25-42(26-34-45)48-20-10-14-39-11-4-7-17-47(39)48)44-29-21-37(22-30-44)38-23-31-46(32-24-38)56-51-35-27-40-12-5-8-18-49(40)53(51)54-50-19-9-6-13-41(50)28-36-52(54)56/h1-36H. The molecule has 56 heavy (non-hydrogen) atoms. The van der Waals surface area contributed by atoms with Gasteiger partial charge in [0.1, 0.15) is 0 Å². The molecule has 11 aromatic rings. The maximum absolute atomic E-state index is 2.43. The lowest BCUT2D eigenvalue weighted by molar-refractivity contribution is 1.18. The zero-order chi connectivity index (χ0) is 37.0. The molecule has 0 saturated carbocycles. The van der Waals surface area contributed by atoms with Crippen molar-refractivity contribution in [3.05, 3.63) is 218 Å². The first kappa shape index (κ1) is 32.0. The average molecular weight is 713 g/mol. The predicted molar refractivity (Wildman–Crippen MR) is 239 cm³/mol. The van der Waals surface area contributed by atoms with Crippen LogP contribution in [0, 0.1) is 0 Å². The van der Waals surface area contributed by atoms with Gasteiger partial charge in [-0.25, -0.2) is 0 Å². The van der Waals surface area contributed by atoms with E-state index in [-0.39, 0.29) is 0 Å². The molecule has 0 atom stereocenters. The number of para-hydroxylation sites is 1. The van der Waals surface area contributed by atoms with Crippen LogP contribution in [-0.2, 0) is 0 Å². The Hall–Kier alpha value is -7.42. The van der Waals surface area contributed by atoms with E-state index in [1.165, 1.54) is 76.4 Å². The maximum Gasteiger partial charge on any atom is 0.0547 e. The van der Waals surface area contributed by atoms with Crippen LogP contribution in [0.15, 0.2) is 218 Å². The van der Waals surface area contributed by atoms with Gasteiger partial charge in [0.15, 0.2) is 0 Å². The first-order valence-electron chi connectivity index (χ1n) is 19.3. The van der Waals surface area contributed by atoms with E-state index in [0.717, 1.165) is 22.7 Å². The highest BCUT2D eigenvalue weighted by Crippen LogP contribution is 2.41. The van der Waals surface area contributed by atoms with Crippen molar-refractivity contribution in [1.29, 1.82) is 0 Å². The van der Waals surface area contributed by atoms with Crippen molar-refractivity contribution in [2.45, 2.75) is 0 Å². The smallest absolute Gasteiger partial charge is 0.0547 e. The molecule has 0 fully saturated rings. The lowest BCUT2D eigenvalue weighted by Gasteiger charge is -2.26. The topological polar surface area (TPSA) is 8.17 Å². The zero-order valence-corrected chi connectivity index (χ0v) is 30.7. The molecule has 262 valence electrons. The summed E-state index contributed by atoms with van der Waals surface area (Å²) in [7, 11) is 0. The van der Waals surface area contributed by atoms with E-state index in [0.29, 0.717) is 0 Å². The second-order valence-corrected chi connectivity index (χ2v) is 14.5. The highest BCUT2D eigenvalue weighted by Gasteiger charge is 2.18. The van der Waals surface area contributed by atoms with Crippen molar-refractivity contribution in [3.63, 3.8) is 0 Å². The van der Waals surface area contributed by atoms with Crippen LogP contribution in [-0.4, -0.2) is 4.57 Å². The van der Waals surface area contributed by atoms with E-state index in [2.05, 4.69) is 228 Å². The van der Waals surface area contributed by atoms with Gasteiger partial charge in [0.25, 0.3) is 0 Å². The molecule has 0 aliphatic heterocycles. The van der Waals surface area contributed by atoms with Gasteiger partial charge in [0.2, 0.25) is 0 Å². The van der Waals surface area contributed by atoms with Gasteiger partial charge in [-0.2, -0.15) is 0 Å². The summed E-state index contributed by atoms with van der Waals surface area (Å²) in [4.78, 5) is 2.33. The lowest BCUT2D eigenvalue weighted by Crippen LogP contribution is -2.09. The van der Waals surface area contributed by atoms with Gasteiger partial charge >= 0.3 is 0 Å². The minimum Gasteiger partial charge on any atom is -0.311 e. The summed E-state index contributed by atoms with van der Waals surface area (Å²) < 4.78 is 2.43. The molecule has 0 aliphatic carbocycles. The second-order valence-electron chi connectivity index (χ2n) is 14.5. The maximum atomic E-state index is 2.43. The highest BCUT2D eigenvalue weighted by atomic mass is 15.1. The molecule has 0 bridgehead atoms. The van der Waals surface area contributed by atoms with Gasteiger partial charge in [-0.3, -0.25) is 0 Å². The minimum atomic E-state index is 1.11. The molecule has 0 amide bonds. The third-order valence-electron chi connectivity index (χ3n) is 11.4. The molecule has 0 aliphatic rings. The van der Waals surface area contributed by atoms with Crippen LogP contribution in [0.5, 0.6) is 0 Å². The van der Waals surface area contributed by atoms with E-state index in [1.54, 1.807) is 0 Å². The number of anilines is 3. The molecule has 0 saturated heterocycles. The number of fused-ring (bicyclic) bond motifs is 8. The van der Waals surface area contributed by atoms with Gasteiger partial charge in [0.05, 0.1) is 11.0 Å². The number of hydrogen-bond acceptors (Lipinski definition) is 1. The summed E-state index contributed by atoms with van der Waals surface area (Å²) in [5.41, 5.74) is 11.8. The van der Waals surface area contributed by atoms with Crippen LogP contribution < -0.4 is 4.90 Å². The Labute approximate surface area is 325 Å². The fourth-order valence-corrected chi connectivity index (χ4v) is 8.72. The number of hydrogen-bond donors (Lipinski definition) is 0. The van der Waals surface area contributed by atoms with Gasteiger partial charge in [-0.05, 0) is 115 Å². The first-order chi connectivity index (χ1) is 27.8. The third-order valence-corrected chi connectivity index (χ3v) is 11.4. The SMILES string of the molecule is c1ccc(N(c2ccc(-c3ccc(-n4c5ccc6ccccc6c5c5c6ccccc6ccc54)cc3)cc2)c2ccc(-c3cccc4ccccc34)cc2)cc1. The van der Waals surface area contributed by atoms with Crippen LogP contribution in [0.2, 0.25) is 0 Å². The molecular formula is C54H36N2. The van der Waals surface area contributed by atoms with Crippen LogP contribution >= 0.6 is 0 Å². The summed E-state index contributed by atoms with van der Waals surface area (Å²) in [5.74, 6) is 0. The fraction of sp³-hybridized carbons (Fsp3) is 0. The van der Waals surface area contributed by atoms with E-state index in [1.807, 2.05) is 0 Å². The van der Waals surface area contributed by atoms with Crippen LogP contribution in [0.1, 0.15) is 0 Å². The van der Waals surface area contributed by atoms with Crippen molar-refractivity contribution in [2.24, 2.45) is 0 Å². The summed E-state index contributed by atoms with van der Waals surface area (Å²) in [6, 6.07) is 79.3. The number of benzene rings is 10. The van der Waals surface area contributed by atoms with Crippen molar-refractivity contribution in [1.82, 2.24) is 4.57 Å². The molecule has 1 aromatic heterocycles.